The molecule has 16 heavy (non-hydrogen) atoms. The van der Waals surface area contributed by atoms with Crippen LogP contribution >= 0.6 is 23.4 Å². The SMILES string of the molecule is CCCC(C)NCCSc1cccc(Cl)c1. The van der Waals surface area contributed by atoms with E-state index in [9.17, 15) is 0 Å². The second kappa shape index (κ2) is 7.99. The molecule has 0 aliphatic heterocycles. The molecule has 0 aliphatic carbocycles. The summed E-state index contributed by atoms with van der Waals surface area (Å²) in [6.07, 6.45) is 2.50. The van der Waals surface area contributed by atoms with Gasteiger partial charge < -0.3 is 5.32 Å². The molecular weight excluding hydrogens is 238 g/mol. The average molecular weight is 258 g/mol. The lowest BCUT2D eigenvalue weighted by atomic mass is 10.2. The Hall–Kier alpha value is -0.180. The fourth-order valence-corrected chi connectivity index (χ4v) is 2.66. The zero-order valence-corrected chi connectivity index (χ0v) is 11.6. The maximum Gasteiger partial charge on any atom is 0.0417 e. The van der Waals surface area contributed by atoms with E-state index in [1.807, 2.05) is 30.0 Å². The van der Waals surface area contributed by atoms with Crippen molar-refractivity contribution in [2.45, 2.75) is 37.6 Å². The van der Waals surface area contributed by atoms with Crippen LogP contribution in [0.25, 0.3) is 0 Å². The maximum atomic E-state index is 5.92. The molecule has 0 amide bonds. The van der Waals surface area contributed by atoms with Crippen LogP contribution in [0.5, 0.6) is 0 Å². The van der Waals surface area contributed by atoms with Gasteiger partial charge in [0.25, 0.3) is 0 Å². The van der Waals surface area contributed by atoms with Crippen LogP contribution in [0.4, 0.5) is 0 Å². The molecule has 3 heteroatoms. The summed E-state index contributed by atoms with van der Waals surface area (Å²) in [4.78, 5) is 1.25. The van der Waals surface area contributed by atoms with E-state index in [4.69, 9.17) is 11.6 Å². The summed E-state index contributed by atoms with van der Waals surface area (Å²) in [5.41, 5.74) is 0. The first-order valence-electron chi connectivity index (χ1n) is 5.84. The van der Waals surface area contributed by atoms with Crippen LogP contribution < -0.4 is 5.32 Å². The molecule has 1 unspecified atom stereocenters. The summed E-state index contributed by atoms with van der Waals surface area (Å²) < 4.78 is 0. The van der Waals surface area contributed by atoms with E-state index in [2.05, 4.69) is 25.2 Å². The van der Waals surface area contributed by atoms with Gasteiger partial charge in [-0.25, -0.2) is 0 Å². The fourth-order valence-electron chi connectivity index (χ4n) is 1.57. The average Bonchev–Trinajstić information content (AvgIpc) is 2.25. The van der Waals surface area contributed by atoms with Gasteiger partial charge >= 0.3 is 0 Å². The molecule has 0 fully saturated rings. The van der Waals surface area contributed by atoms with E-state index >= 15 is 0 Å². The number of nitrogens with one attached hydrogen (secondary N) is 1. The molecular formula is C13H20ClNS. The minimum atomic E-state index is 0.630. The van der Waals surface area contributed by atoms with Crippen LogP contribution in [0.2, 0.25) is 5.02 Å². The third-order valence-corrected chi connectivity index (χ3v) is 3.61. The van der Waals surface area contributed by atoms with Gasteiger partial charge in [-0.2, -0.15) is 0 Å². The van der Waals surface area contributed by atoms with Crippen LogP contribution in [0, 0.1) is 0 Å². The summed E-state index contributed by atoms with van der Waals surface area (Å²) in [5, 5.41) is 4.33. The molecule has 0 bridgehead atoms. The zero-order chi connectivity index (χ0) is 11.8. The van der Waals surface area contributed by atoms with Crippen molar-refractivity contribution >= 4 is 23.4 Å². The highest BCUT2D eigenvalue weighted by Crippen LogP contribution is 2.20. The first-order valence-corrected chi connectivity index (χ1v) is 7.20. The minimum Gasteiger partial charge on any atom is -0.313 e. The highest BCUT2D eigenvalue weighted by molar-refractivity contribution is 7.99. The van der Waals surface area contributed by atoms with Gasteiger partial charge in [-0.1, -0.05) is 31.0 Å². The molecule has 0 radical (unpaired) electrons. The summed E-state index contributed by atoms with van der Waals surface area (Å²) in [6, 6.07) is 8.66. The molecule has 1 aromatic rings. The summed E-state index contributed by atoms with van der Waals surface area (Å²) in [7, 11) is 0. The van der Waals surface area contributed by atoms with Crippen molar-refractivity contribution in [3.8, 4) is 0 Å². The zero-order valence-electron chi connectivity index (χ0n) is 10.0. The van der Waals surface area contributed by atoms with Gasteiger partial charge in [0, 0.05) is 28.3 Å². The van der Waals surface area contributed by atoms with Crippen molar-refractivity contribution in [3.63, 3.8) is 0 Å². The van der Waals surface area contributed by atoms with Gasteiger partial charge in [0.2, 0.25) is 0 Å². The van der Waals surface area contributed by atoms with Crippen molar-refractivity contribution in [3.05, 3.63) is 29.3 Å². The third-order valence-electron chi connectivity index (χ3n) is 2.38. The van der Waals surface area contributed by atoms with E-state index < -0.39 is 0 Å². The van der Waals surface area contributed by atoms with Gasteiger partial charge in [0.15, 0.2) is 0 Å². The number of rotatable bonds is 7. The van der Waals surface area contributed by atoms with Crippen molar-refractivity contribution in [1.29, 1.82) is 0 Å². The van der Waals surface area contributed by atoms with Crippen molar-refractivity contribution in [2.24, 2.45) is 0 Å². The van der Waals surface area contributed by atoms with Crippen LogP contribution in [0.3, 0.4) is 0 Å². The van der Waals surface area contributed by atoms with Crippen molar-refractivity contribution in [2.75, 3.05) is 12.3 Å². The number of thioether (sulfide) groups is 1. The number of benzene rings is 1. The standard InChI is InChI=1S/C13H20ClNS/c1-3-5-11(2)15-8-9-16-13-7-4-6-12(14)10-13/h4,6-7,10-11,15H,3,5,8-9H2,1-2H3. The molecule has 1 nitrogen and oxygen atoms in total. The Morgan fingerprint density at radius 1 is 1.44 bits per heavy atom. The van der Waals surface area contributed by atoms with E-state index in [0.717, 1.165) is 17.3 Å². The second-order valence-electron chi connectivity index (χ2n) is 3.95. The highest BCUT2D eigenvalue weighted by atomic mass is 35.5. The smallest absolute Gasteiger partial charge is 0.0417 e. The Morgan fingerprint density at radius 3 is 2.94 bits per heavy atom. The monoisotopic (exact) mass is 257 g/mol. The molecule has 0 heterocycles. The molecule has 1 atom stereocenters. The predicted molar refractivity (Wildman–Crippen MR) is 74.5 cm³/mol. The summed E-state index contributed by atoms with van der Waals surface area (Å²) >= 11 is 7.77. The quantitative estimate of drug-likeness (QED) is 0.580. The van der Waals surface area contributed by atoms with Crippen molar-refractivity contribution in [1.82, 2.24) is 5.32 Å². The fraction of sp³-hybridized carbons (Fsp3) is 0.538. The summed E-state index contributed by atoms with van der Waals surface area (Å²) in [5.74, 6) is 1.09. The van der Waals surface area contributed by atoms with Gasteiger partial charge in [-0.15, -0.1) is 11.8 Å². The minimum absolute atomic E-state index is 0.630. The van der Waals surface area contributed by atoms with Gasteiger partial charge in [-0.05, 0) is 31.5 Å². The van der Waals surface area contributed by atoms with Crippen molar-refractivity contribution < 1.29 is 0 Å². The molecule has 1 aromatic carbocycles. The lowest BCUT2D eigenvalue weighted by molar-refractivity contribution is 0.526. The van der Waals surface area contributed by atoms with E-state index in [0.29, 0.717) is 6.04 Å². The van der Waals surface area contributed by atoms with Crippen LogP contribution in [-0.2, 0) is 0 Å². The third kappa shape index (κ3) is 5.78. The normalized spacial score (nSPS) is 12.7. The van der Waals surface area contributed by atoms with E-state index in [1.54, 1.807) is 0 Å². The number of halogens is 1. The Morgan fingerprint density at radius 2 is 2.25 bits per heavy atom. The molecule has 0 saturated heterocycles. The lowest BCUT2D eigenvalue weighted by Crippen LogP contribution is -2.27. The molecule has 0 saturated carbocycles. The number of hydrogen-bond donors (Lipinski definition) is 1. The topological polar surface area (TPSA) is 12.0 Å². The van der Waals surface area contributed by atoms with Gasteiger partial charge in [0.05, 0.1) is 0 Å². The molecule has 1 rings (SSSR count). The molecule has 0 spiro atoms. The first kappa shape index (κ1) is 13.9. The van der Waals surface area contributed by atoms with Crippen LogP contribution in [0.15, 0.2) is 29.2 Å². The Bertz CT molecular complexity index is 304. The Balaban J connectivity index is 2.16. The number of hydrogen-bond acceptors (Lipinski definition) is 2. The molecule has 0 aliphatic rings. The van der Waals surface area contributed by atoms with E-state index in [-0.39, 0.29) is 0 Å². The molecule has 1 N–H and O–H groups in total. The molecule has 90 valence electrons. The first-order chi connectivity index (χ1) is 7.72. The molecule has 0 aromatic heterocycles. The van der Waals surface area contributed by atoms with E-state index in [1.165, 1.54) is 17.7 Å². The maximum absolute atomic E-state index is 5.92. The van der Waals surface area contributed by atoms with Gasteiger partial charge in [0.1, 0.15) is 0 Å². The Labute approximate surface area is 108 Å². The predicted octanol–water partition coefficient (Wildman–Crippen LogP) is 4.21. The van der Waals surface area contributed by atoms with Crippen LogP contribution in [-0.4, -0.2) is 18.3 Å². The highest BCUT2D eigenvalue weighted by Gasteiger charge is 1.99. The lowest BCUT2D eigenvalue weighted by Gasteiger charge is -2.12. The second-order valence-corrected chi connectivity index (χ2v) is 5.55. The van der Waals surface area contributed by atoms with Crippen LogP contribution in [0.1, 0.15) is 26.7 Å². The largest absolute Gasteiger partial charge is 0.313 e. The van der Waals surface area contributed by atoms with Gasteiger partial charge in [-0.3, -0.25) is 0 Å². The summed E-state index contributed by atoms with van der Waals surface area (Å²) in [6.45, 7) is 5.52. The Kier molecular flexibility index (Phi) is 6.93.